The molecule has 1 N–H and O–H groups in total. The molecule has 0 aliphatic rings. The maximum Gasteiger partial charge on any atom is 0.322 e. The number of halogens is 1. The molecule has 1 aromatic heterocycles. The van der Waals surface area contributed by atoms with E-state index in [9.17, 15) is 4.79 Å². The van der Waals surface area contributed by atoms with E-state index < -0.39 is 5.91 Å². The van der Waals surface area contributed by atoms with Crippen LogP contribution in [-0.2, 0) is 0 Å². The van der Waals surface area contributed by atoms with Crippen LogP contribution < -0.4 is 14.8 Å². The van der Waals surface area contributed by atoms with Crippen molar-refractivity contribution in [3.05, 3.63) is 53.1 Å². The second kappa shape index (κ2) is 7.23. The lowest BCUT2D eigenvalue weighted by atomic mass is 10.2. The Morgan fingerprint density at radius 2 is 1.96 bits per heavy atom. The van der Waals surface area contributed by atoms with E-state index in [1.54, 1.807) is 49.6 Å². The van der Waals surface area contributed by atoms with Gasteiger partial charge in [0.1, 0.15) is 11.5 Å². The minimum atomic E-state index is -0.407. The van der Waals surface area contributed by atoms with Crippen molar-refractivity contribution >= 4 is 23.5 Å². The number of rotatable bonds is 5. The molecule has 0 bridgehead atoms. The second-order valence-corrected chi connectivity index (χ2v) is 5.38. The fraction of sp³-hybridized carbons (Fsp3) is 0.118. The predicted octanol–water partition coefficient (Wildman–Crippen LogP) is 3.66. The molecule has 25 heavy (non-hydrogen) atoms. The third-order valence-electron chi connectivity index (χ3n) is 3.37. The number of methoxy groups -OCH3 is 2. The van der Waals surface area contributed by atoms with E-state index in [1.807, 2.05) is 0 Å². The maximum atomic E-state index is 12.2. The van der Waals surface area contributed by atoms with Crippen molar-refractivity contribution < 1.29 is 18.7 Å². The maximum absolute atomic E-state index is 12.2. The fourth-order valence-corrected chi connectivity index (χ4v) is 2.35. The molecule has 0 fully saturated rings. The third-order valence-corrected chi connectivity index (χ3v) is 3.60. The van der Waals surface area contributed by atoms with E-state index in [1.165, 1.54) is 7.11 Å². The zero-order valence-electron chi connectivity index (χ0n) is 13.4. The van der Waals surface area contributed by atoms with E-state index in [0.717, 1.165) is 0 Å². The highest BCUT2D eigenvalue weighted by Crippen LogP contribution is 2.33. The summed E-state index contributed by atoms with van der Waals surface area (Å²) in [6.45, 7) is 0. The van der Waals surface area contributed by atoms with E-state index in [0.29, 0.717) is 27.6 Å². The van der Waals surface area contributed by atoms with Gasteiger partial charge >= 0.3 is 6.01 Å². The summed E-state index contributed by atoms with van der Waals surface area (Å²) in [5.41, 5.74) is 0.934. The smallest absolute Gasteiger partial charge is 0.322 e. The van der Waals surface area contributed by atoms with E-state index in [-0.39, 0.29) is 11.9 Å². The molecule has 0 atom stereocenters. The van der Waals surface area contributed by atoms with Gasteiger partial charge < -0.3 is 13.9 Å². The first-order valence-corrected chi connectivity index (χ1v) is 7.61. The van der Waals surface area contributed by atoms with Gasteiger partial charge in [-0.15, -0.1) is 5.10 Å². The fourth-order valence-electron chi connectivity index (χ4n) is 2.16. The highest BCUT2D eigenvalue weighted by atomic mass is 35.5. The Morgan fingerprint density at radius 1 is 1.12 bits per heavy atom. The van der Waals surface area contributed by atoms with Crippen molar-refractivity contribution in [2.75, 3.05) is 19.5 Å². The lowest BCUT2D eigenvalue weighted by molar-refractivity contribution is 0.102. The highest BCUT2D eigenvalue weighted by molar-refractivity contribution is 6.31. The van der Waals surface area contributed by atoms with Crippen molar-refractivity contribution in [1.82, 2.24) is 10.2 Å². The molecule has 3 rings (SSSR count). The van der Waals surface area contributed by atoms with Crippen LogP contribution in [0.25, 0.3) is 11.5 Å². The van der Waals surface area contributed by atoms with Gasteiger partial charge in [0.05, 0.1) is 19.8 Å². The molecule has 1 amide bonds. The average Bonchev–Trinajstić information content (AvgIpc) is 3.09. The molecule has 0 aliphatic heterocycles. The topological polar surface area (TPSA) is 86.5 Å². The largest absolute Gasteiger partial charge is 0.497 e. The molecule has 1 heterocycles. The molecule has 0 unspecified atom stereocenters. The van der Waals surface area contributed by atoms with Crippen LogP contribution in [0.2, 0.25) is 5.02 Å². The zero-order valence-corrected chi connectivity index (χ0v) is 14.2. The van der Waals surface area contributed by atoms with Crippen LogP contribution in [0.5, 0.6) is 11.5 Å². The number of benzene rings is 2. The Balaban J connectivity index is 1.84. The van der Waals surface area contributed by atoms with Crippen LogP contribution in [0.1, 0.15) is 10.4 Å². The first-order chi connectivity index (χ1) is 12.1. The van der Waals surface area contributed by atoms with Gasteiger partial charge in [0.2, 0.25) is 0 Å². The van der Waals surface area contributed by atoms with Gasteiger partial charge in [0.15, 0.2) is 0 Å². The Kier molecular flexibility index (Phi) is 4.85. The summed E-state index contributed by atoms with van der Waals surface area (Å²) < 4.78 is 16.0. The van der Waals surface area contributed by atoms with Crippen LogP contribution in [0.4, 0.5) is 6.01 Å². The van der Waals surface area contributed by atoms with Gasteiger partial charge in [-0.3, -0.25) is 10.1 Å². The Hall–Kier alpha value is -3.06. The number of carbonyl (C=O) groups is 1. The van der Waals surface area contributed by atoms with Crippen molar-refractivity contribution in [1.29, 1.82) is 0 Å². The van der Waals surface area contributed by atoms with Crippen molar-refractivity contribution in [2.24, 2.45) is 0 Å². The molecule has 2 aromatic carbocycles. The van der Waals surface area contributed by atoms with Crippen LogP contribution in [-0.4, -0.2) is 30.3 Å². The second-order valence-electron chi connectivity index (χ2n) is 4.94. The summed E-state index contributed by atoms with van der Waals surface area (Å²) in [5.74, 6) is 0.933. The van der Waals surface area contributed by atoms with Crippen LogP contribution in [0.15, 0.2) is 46.9 Å². The summed E-state index contributed by atoms with van der Waals surface area (Å²) in [4.78, 5) is 12.2. The summed E-state index contributed by atoms with van der Waals surface area (Å²) in [6.07, 6.45) is 0. The van der Waals surface area contributed by atoms with Gasteiger partial charge in [-0.05, 0) is 36.4 Å². The van der Waals surface area contributed by atoms with E-state index >= 15 is 0 Å². The normalized spacial score (nSPS) is 10.4. The van der Waals surface area contributed by atoms with Gasteiger partial charge in [-0.2, -0.15) is 0 Å². The molecule has 0 saturated heterocycles. The summed E-state index contributed by atoms with van der Waals surface area (Å²) >= 11 is 5.88. The number of nitrogens with zero attached hydrogens (tertiary/aromatic N) is 2. The molecular weight excluding hydrogens is 346 g/mol. The van der Waals surface area contributed by atoms with Gasteiger partial charge in [-0.1, -0.05) is 22.8 Å². The Bertz CT molecular complexity index is 910. The summed E-state index contributed by atoms with van der Waals surface area (Å²) in [5, 5.41) is 10.8. The quantitative estimate of drug-likeness (QED) is 0.748. The first-order valence-electron chi connectivity index (χ1n) is 7.23. The monoisotopic (exact) mass is 359 g/mol. The molecule has 0 radical (unpaired) electrons. The lowest BCUT2D eigenvalue weighted by Crippen LogP contribution is -2.11. The standard InChI is InChI=1S/C17H14ClN3O4/c1-23-12-6-7-14(24-2)13(9-12)16-20-21-17(25-16)19-15(22)10-4-3-5-11(18)8-10/h3-9H,1-2H3,(H,19,21,22). The number of nitrogens with one attached hydrogen (secondary N) is 1. The average molecular weight is 360 g/mol. The number of hydrogen-bond donors (Lipinski definition) is 1. The minimum absolute atomic E-state index is 0.0372. The van der Waals surface area contributed by atoms with Crippen LogP contribution >= 0.6 is 11.6 Å². The molecular formula is C17H14ClN3O4. The Labute approximate surface area is 148 Å². The zero-order chi connectivity index (χ0) is 17.8. The third kappa shape index (κ3) is 3.72. The predicted molar refractivity (Wildman–Crippen MR) is 92.2 cm³/mol. The van der Waals surface area contributed by atoms with Crippen LogP contribution in [0, 0.1) is 0 Å². The molecule has 0 spiro atoms. The Morgan fingerprint density at radius 3 is 2.68 bits per heavy atom. The van der Waals surface area contributed by atoms with E-state index in [2.05, 4.69) is 15.5 Å². The molecule has 3 aromatic rings. The first kappa shape index (κ1) is 16.8. The SMILES string of the molecule is COc1ccc(OC)c(-c2nnc(NC(=O)c3cccc(Cl)c3)o2)c1. The van der Waals surface area contributed by atoms with Crippen LogP contribution in [0.3, 0.4) is 0 Å². The number of aromatic nitrogens is 2. The number of carbonyl (C=O) groups excluding carboxylic acids is 1. The number of hydrogen-bond acceptors (Lipinski definition) is 6. The number of anilines is 1. The van der Waals surface area contributed by atoms with Gasteiger partial charge in [0.25, 0.3) is 11.8 Å². The molecule has 128 valence electrons. The van der Waals surface area contributed by atoms with E-state index in [4.69, 9.17) is 25.5 Å². The van der Waals surface area contributed by atoms with Crippen molar-refractivity contribution in [2.45, 2.75) is 0 Å². The molecule has 0 aliphatic carbocycles. The number of ether oxygens (including phenoxy) is 2. The highest BCUT2D eigenvalue weighted by Gasteiger charge is 2.16. The summed E-state index contributed by atoms with van der Waals surface area (Å²) in [7, 11) is 3.08. The van der Waals surface area contributed by atoms with Crippen molar-refractivity contribution in [3.63, 3.8) is 0 Å². The molecule has 8 heteroatoms. The minimum Gasteiger partial charge on any atom is -0.497 e. The van der Waals surface area contributed by atoms with Gasteiger partial charge in [-0.25, -0.2) is 0 Å². The number of amides is 1. The summed E-state index contributed by atoms with van der Waals surface area (Å²) in [6, 6.07) is 11.7. The molecule has 7 nitrogen and oxygen atoms in total. The van der Waals surface area contributed by atoms with Gasteiger partial charge in [0, 0.05) is 10.6 Å². The lowest BCUT2D eigenvalue weighted by Gasteiger charge is -2.07. The molecule has 0 saturated carbocycles. The van der Waals surface area contributed by atoms with Crippen molar-refractivity contribution in [3.8, 4) is 23.0 Å².